The molecule has 0 amide bonds. The molecule has 1 saturated heterocycles. The second kappa shape index (κ2) is 9.13. The van der Waals surface area contributed by atoms with Crippen molar-refractivity contribution in [3.63, 3.8) is 0 Å². The number of nitrogens with zero attached hydrogens (tertiary/aromatic N) is 3. The number of rotatable bonds is 6. The Morgan fingerprint density at radius 1 is 0.939 bits per heavy atom. The van der Waals surface area contributed by atoms with E-state index in [4.69, 9.17) is 5.14 Å². The van der Waals surface area contributed by atoms with Gasteiger partial charge in [-0.2, -0.15) is 0 Å². The maximum atomic E-state index is 13.2. The molecular formula is C25H30N4O3S. The number of primary sulfonamides is 1. The van der Waals surface area contributed by atoms with Crippen LogP contribution in [0.2, 0.25) is 0 Å². The number of sulfonamides is 1. The average Bonchev–Trinajstić information content (AvgIpc) is 3.08. The Morgan fingerprint density at radius 2 is 1.58 bits per heavy atom. The lowest BCUT2D eigenvalue weighted by molar-refractivity contribution is 0.0925. The zero-order valence-electron chi connectivity index (χ0n) is 19.3. The topological polar surface area (TPSA) is 88.6 Å². The van der Waals surface area contributed by atoms with Crippen LogP contribution in [-0.4, -0.2) is 56.4 Å². The fraction of sp³-hybridized carbons (Fsp3) is 0.320. The first-order chi connectivity index (χ1) is 15.6. The number of carbonyl (C=O) groups is 1. The summed E-state index contributed by atoms with van der Waals surface area (Å²) in [5, 5.41) is 5.20. The number of carbonyl (C=O) groups excluding carboxylic acids is 1. The van der Waals surface area contributed by atoms with Crippen molar-refractivity contribution in [3.8, 4) is 5.69 Å². The smallest absolute Gasteiger partial charge is 0.238 e. The minimum absolute atomic E-state index is 0.0647. The van der Waals surface area contributed by atoms with Crippen molar-refractivity contribution in [2.75, 3.05) is 37.6 Å². The summed E-state index contributed by atoms with van der Waals surface area (Å²) in [6.07, 6.45) is 0. The van der Waals surface area contributed by atoms with Crippen LogP contribution in [0, 0.1) is 20.8 Å². The number of Topliss-reactive ketones (excluding diaryl/α,β-unsaturated/α-hetero) is 1. The van der Waals surface area contributed by atoms with Gasteiger partial charge in [-0.05, 0) is 62.7 Å². The first kappa shape index (κ1) is 23.2. The second-order valence-electron chi connectivity index (χ2n) is 8.63. The monoisotopic (exact) mass is 466 g/mol. The predicted molar refractivity (Wildman–Crippen MR) is 131 cm³/mol. The van der Waals surface area contributed by atoms with Crippen molar-refractivity contribution < 1.29 is 13.2 Å². The van der Waals surface area contributed by atoms with Crippen LogP contribution in [0.25, 0.3) is 5.69 Å². The molecule has 0 aliphatic carbocycles. The molecule has 0 spiro atoms. The van der Waals surface area contributed by atoms with Gasteiger partial charge in [0.15, 0.2) is 5.78 Å². The van der Waals surface area contributed by atoms with Crippen molar-refractivity contribution in [2.24, 2.45) is 5.14 Å². The Labute approximate surface area is 195 Å². The molecule has 2 heterocycles. The van der Waals surface area contributed by atoms with E-state index in [2.05, 4.69) is 41.0 Å². The summed E-state index contributed by atoms with van der Waals surface area (Å²) >= 11 is 0. The summed E-state index contributed by atoms with van der Waals surface area (Å²) in [5.74, 6) is 0.0971. The lowest BCUT2D eigenvalue weighted by Gasteiger charge is -2.36. The zero-order chi connectivity index (χ0) is 23.8. The Balaban J connectivity index is 1.45. The summed E-state index contributed by atoms with van der Waals surface area (Å²) in [4.78, 5) is 17.8. The van der Waals surface area contributed by atoms with Crippen molar-refractivity contribution in [2.45, 2.75) is 25.7 Å². The molecule has 0 saturated carbocycles. The summed E-state index contributed by atoms with van der Waals surface area (Å²) in [6.45, 7) is 9.85. The van der Waals surface area contributed by atoms with Crippen LogP contribution in [0.4, 0.5) is 5.69 Å². The maximum Gasteiger partial charge on any atom is 0.238 e. The quantitative estimate of drug-likeness (QED) is 0.564. The highest BCUT2D eigenvalue weighted by Gasteiger charge is 2.23. The molecule has 7 nitrogen and oxygen atoms in total. The summed E-state index contributed by atoms with van der Waals surface area (Å²) < 4.78 is 25.0. The molecule has 3 aromatic rings. The van der Waals surface area contributed by atoms with Gasteiger partial charge in [0.1, 0.15) is 0 Å². The van der Waals surface area contributed by atoms with Crippen molar-refractivity contribution in [3.05, 3.63) is 77.1 Å². The number of hydrogen-bond acceptors (Lipinski definition) is 5. The third-order valence-electron chi connectivity index (χ3n) is 6.35. The highest BCUT2D eigenvalue weighted by atomic mass is 32.2. The van der Waals surface area contributed by atoms with Crippen molar-refractivity contribution >= 4 is 21.5 Å². The molecule has 0 radical (unpaired) electrons. The first-order valence-corrected chi connectivity index (χ1v) is 12.6. The van der Waals surface area contributed by atoms with E-state index in [0.29, 0.717) is 12.1 Å². The summed E-state index contributed by atoms with van der Waals surface area (Å²) in [7, 11) is -3.74. The number of para-hydroxylation sites is 1. The van der Waals surface area contributed by atoms with Gasteiger partial charge in [0, 0.05) is 54.5 Å². The Morgan fingerprint density at radius 3 is 2.18 bits per heavy atom. The van der Waals surface area contributed by atoms with Crippen LogP contribution >= 0.6 is 0 Å². The average molecular weight is 467 g/mol. The normalized spacial score (nSPS) is 15.1. The standard InChI is InChI=1S/C25H30N4O3S/c1-18-6-4-5-7-24(18)28-14-12-27(13-15-28)17-25(30)23-16-19(2)29(20(23)3)21-8-10-22(11-9-21)33(26,31)32/h4-11,16H,12-15,17H2,1-3H3,(H2,26,31,32). The molecule has 1 aromatic heterocycles. The zero-order valence-corrected chi connectivity index (χ0v) is 20.1. The van der Waals surface area contributed by atoms with E-state index in [9.17, 15) is 13.2 Å². The highest BCUT2D eigenvalue weighted by molar-refractivity contribution is 7.89. The first-order valence-electron chi connectivity index (χ1n) is 11.0. The van der Waals surface area contributed by atoms with E-state index >= 15 is 0 Å². The number of aromatic nitrogens is 1. The molecule has 1 fully saturated rings. The Hall–Kier alpha value is -2.94. The van der Waals surface area contributed by atoms with Gasteiger partial charge >= 0.3 is 0 Å². The Bertz CT molecular complexity index is 1270. The van der Waals surface area contributed by atoms with Gasteiger partial charge in [-0.25, -0.2) is 13.6 Å². The number of benzene rings is 2. The molecule has 33 heavy (non-hydrogen) atoms. The number of hydrogen-bond donors (Lipinski definition) is 1. The number of aryl methyl sites for hydroxylation is 2. The number of anilines is 1. The molecule has 1 aliphatic rings. The van der Waals surface area contributed by atoms with E-state index in [-0.39, 0.29) is 10.7 Å². The molecular weight excluding hydrogens is 436 g/mol. The SMILES string of the molecule is Cc1ccccc1N1CCN(CC(=O)c2cc(C)n(-c3ccc(S(N)(=O)=O)cc3)c2C)CC1. The predicted octanol–water partition coefficient (Wildman–Crippen LogP) is 3.05. The molecule has 4 rings (SSSR count). The number of piperazine rings is 1. The summed E-state index contributed by atoms with van der Waals surface area (Å²) in [5.41, 5.74) is 5.79. The molecule has 0 bridgehead atoms. The van der Waals surface area contributed by atoms with E-state index in [1.807, 2.05) is 24.5 Å². The van der Waals surface area contributed by atoms with Crippen molar-refractivity contribution in [1.29, 1.82) is 0 Å². The highest BCUT2D eigenvalue weighted by Crippen LogP contribution is 2.24. The molecule has 174 valence electrons. The third kappa shape index (κ3) is 4.88. The maximum absolute atomic E-state index is 13.2. The van der Waals surface area contributed by atoms with E-state index in [1.54, 1.807) is 12.1 Å². The van der Waals surface area contributed by atoms with E-state index in [1.165, 1.54) is 23.4 Å². The van der Waals surface area contributed by atoms with Crippen LogP contribution in [0.1, 0.15) is 27.3 Å². The van der Waals surface area contributed by atoms with Gasteiger partial charge < -0.3 is 9.47 Å². The fourth-order valence-corrected chi connectivity index (χ4v) is 5.10. The minimum atomic E-state index is -3.74. The van der Waals surface area contributed by atoms with Crippen LogP contribution in [0.5, 0.6) is 0 Å². The van der Waals surface area contributed by atoms with Gasteiger partial charge in [-0.15, -0.1) is 0 Å². The van der Waals surface area contributed by atoms with Crippen molar-refractivity contribution in [1.82, 2.24) is 9.47 Å². The van der Waals surface area contributed by atoms with Crippen LogP contribution < -0.4 is 10.0 Å². The second-order valence-corrected chi connectivity index (χ2v) is 10.2. The molecule has 2 aromatic carbocycles. The van der Waals surface area contributed by atoms with Gasteiger partial charge in [-0.1, -0.05) is 18.2 Å². The molecule has 8 heteroatoms. The fourth-order valence-electron chi connectivity index (χ4n) is 4.58. The molecule has 0 atom stereocenters. The van der Waals surface area contributed by atoms with E-state index in [0.717, 1.165) is 43.3 Å². The van der Waals surface area contributed by atoms with E-state index < -0.39 is 10.0 Å². The molecule has 1 aliphatic heterocycles. The molecule has 2 N–H and O–H groups in total. The van der Waals surface area contributed by atoms with Gasteiger partial charge in [-0.3, -0.25) is 9.69 Å². The van der Waals surface area contributed by atoms with Gasteiger partial charge in [0.05, 0.1) is 11.4 Å². The van der Waals surface area contributed by atoms with Crippen LogP contribution in [-0.2, 0) is 10.0 Å². The summed E-state index contributed by atoms with van der Waals surface area (Å²) in [6, 6.07) is 16.7. The minimum Gasteiger partial charge on any atom is -0.369 e. The largest absolute Gasteiger partial charge is 0.369 e. The Kier molecular flexibility index (Phi) is 6.43. The third-order valence-corrected chi connectivity index (χ3v) is 7.28. The number of nitrogens with two attached hydrogens (primary N) is 1. The van der Waals surface area contributed by atoms with Gasteiger partial charge in [0.2, 0.25) is 10.0 Å². The van der Waals surface area contributed by atoms with Crippen LogP contribution in [0.15, 0.2) is 59.5 Å². The lowest BCUT2D eigenvalue weighted by atomic mass is 10.1. The van der Waals surface area contributed by atoms with Gasteiger partial charge in [0.25, 0.3) is 0 Å². The number of ketones is 1. The lowest BCUT2D eigenvalue weighted by Crippen LogP contribution is -2.48. The molecule has 0 unspecified atom stereocenters. The van der Waals surface area contributed by atoms with Crippen LogP contribution in [0.3, 0.4) is 0 Å².